The van der Waals surface area contributed by atoms with Crippen LogP contribution in [0.4, 0.5) is 0 Å². The third-order valence-electron chi connectivity index (χ3n) is 2.51. The molecule has 0 saturated carbocycles. The van der Waals surface area contributed by atoms with Crippen molar-refractivity contribution in [2.75, 3.05) is 0 Å². The molecular formula is C11H13N3O. The number of nitrogens with two attached hydrogens (primary N) is 1. The van der Waals surface area contributed by atoms with Crippen LogP contribution in [0, 0.1) is 13.8 Å². The first-order valence-corrected chi connectivity index (χ1v) is 4.78. The third-order valence-corrected chi connectivity index (χ3v) is 2.51. The zero-order valence-electron chi connectivity index (χ0n) is 8.77. The van der Waals surface area contributed by atoms with E-state index in [4.69, 9.17) is 10.3 Å². The molecule has 0 aliphatic rings. The zero-order valence-corrected chi connectivity index (χ0v) is 8.77. The van der Waals surface area contributed by atoms with Gasteiger partial charge in [-0.05, 0) is 30.5 Å². The molecule has 2 aromatic rings. The Balaban J connectivity index is 2.46. The lowest BCUT2D eigenvalue weighted by Crippen LogP contribution is -2.16. The Bertz CT molecular complexity index is 431. The van der Waals surface area contributed by atoms with Crippen molar-refractivity contribution in [2.24, 2.45) is 5.73 Å². The van der Waals surface area contributed by atoms with E-state index < -0.39 is 0 Å². The molecule has 0 aliphatic carbocycles. The topological polar surface area (TPSA) is 64.9 Å². The van der Waals surface area contributed by atoms with E-state index in [0.29, 0.717) is 5.82 Å². The summed E-state index contributed by atoms with van der Waals surface area (Å²) in [6, 6.07) is 5.76. The number of aromatic nitrogens is 2. The van der Waals surface area contributed by atoms with Gasteiger partial charge in [0.15, 0.2) is 5.82 Å². The summed E-state index contributed by atoms with van der Waals surface area (Å²) in [5, 5.41) is 3.76. The standard InChI is InChI=1S/C11H13N3O/c1-7-4-3-5-8(2)9(7)10(12)11-13-6-15-14-11/h3-6,10H,12H2,1-2H3. The van der Waals surface area contributed by atoms with Gasteiger partial charge in [0.2, 0.25) is 6.39 Å². The molecule has 15 heavy (non-hydrogen) atoms. The van der Waals surface area contributed by atoms with Gasteiger partial charge in [0.05, 0.1) is 6.04 Å². The summed E-state index contributed by atoms with van der Waals surface area (Å²) in [4.78, 5) is 3.97. The van der Waals surface area contributed by atoms with E-state index in [1.54, 1.807) is 0 Å². The summed E-state index contributed by atoms with van der Waals surface area (Å²) in [7, 11) is 0. The molecule has 0 aliphatic heterocycles. The van der Waals surface area contributed by atoms with Gasteiger partial charge in [-0.25, -0.2) is 0 Å². The largest absolute Gasteiger partial charge is 0.343 e. The number of rotatable bonds is 2. The molecule has 0 saturated heterocycles. The number of nitrogens with zero attached hydrogens (tertiary/aromatic N) is 2. The summed E-state index contributed by atoms with van der Waals surface area (Å²) in [5.41, 5.74) is 9.44. The smallest absolute Gasteiger partial charge is 0.213 e. The van der Waals surface area contributed by atoms with Crippen LogP contribution in [-0.4, -0.2) is 10.1 Å². The highest BCUT2D eigenvalue weighted by molar-refractivity contribution is 5.38. The predicted molar refractivity (Wildman–Crippen MR) is 56.2 cm³/mol. The van der Waals surface area contributed by atoms with Crippen LogP contribution in [0.2, 0.25) is 0 Å². The first-order chi connectivity index (χ1) is 7.20. The van der Waals surface area contributed by atoms with E-state index in [1.165, 1.54) is 6.39 Å². The molecule has 2 rings (SSSR count). The van der Waals surface area contributed by atoms with Gasteiger partial charge in [0.1, 0.15) is 0 Å². The summed E-state index contributed by atoms with van der Waals surface area (Å²) in [5.74, 6) is 0.521. The third kappa shape index (κ3) is 1.76. The van der Waals surface area contributed by atoms with Crippen molar-refractivity contribution in [2.45, 2.75) is 19.9 Å². The number of hydrogen-bond acceptors (Lipinski definition) is 4. The molecule has 4 heteroatoms. The highest BCUT2D eigenvalue weighted by Gasteiger charge is 2.17. The SMILES string of the molecule is Cc1cccc(C)c1C(N)c1ncon1. The van der Waals surface area contributed by atoms with Crippen LogP contribution in [0.5, 0.6) is 0 Å². The monoisotopic (exact) mass is 203 g/mol. The fourth-order valence-electron chi connectivity index (χ4n) is 1.76. The Kier molecular flexibility index (Phi) is 2.51. The number of benzene rings is 1. The van der Waals surface area contributed by atoms with E-state index in [-0.39, 0.29) is 6.04 Å². The summed E-state index contributed by atoms with van der Waals surface area (Å²) in [6.07, 6.45) is 1.29. The van der Waals surface area contributed by atoms with Gasteiger partial charge in [0, 0.05) is 0 Å². The molecule has 1 unspecified atom stereocenters. The van der Waals surface area contributed by atoms with Crippen LogP contribution in [0.15, 0.2) is 29.1 Å². The number of hydrogen-bond donors (Lipinski definition) is 1. The lowest BCUT2D eigenvalue weighted by Gasteiger charge is -2.13. The molecule has 0 spiro atoms. The molecule has 0 amide bonds. The van der Waals surface area contributed by atoms with Crippen molar-refractivity contribution in [3.63, 3.8) is 0 Å². The minimum absolute atomic E-state index is 0.315. The molecule has 0 radical (unpaired) electrons. The summed E-state index contributed by atoms with van der Waals surface area (Å²) < 4.78 is 4.70. The zero-order chi connectivity index (χ0) is 10.8. The molecule has 0 fully saturated rings. The van der Waals surface area contributed by atoms with Crippen LogP contribution in [0.1, 0.15) is 28.6 Å². The molecular weight excluding hydrogens is 190 g/mol. The minimum Gasteiger partial charge on any atom is -0.343 e. The van der Waals surface area contributed by atoms with Gasteiger partial charge < -0.3 is 10.3 Å². The van der Waals surface area contributed by atoms with Gasteiger partial charge in [-0.1, -0.05) is 23.4 Å². The maximum atomic E-state index is 6.08. The maximum Gasteiger partial charge on any atom is 0.213 e. The fourth-order valence-corrected chi connectivity index (χ4v) is 1.76. The van der Waals surface area contributed by atoms with Crippen LogP contribution in [-0.2, 0) is 0 Å². The van der Waals surface area contributed by atoms with E-state index in [1.807, 2.05) is 32.0 Å². The molecule has 1 aromatic carbocycles. The van der Waals surface area contributed by atoms with Crippen molar-refractivity contribution >= 4 is 0 Å². The Hall–Kier alpha value is -1.68. The molecule has 2 N–H and O–H groups in total. The summed E-state index contributed by atoms with van der Waals surface area (Å²) >= 11 is 0. The van der Waals surface area contributed by atoms with Crippen molar-refractivity contribution in [1.82, 2.24) is 10.1 Å². The Labute approximate surface area is 88.1 Å². The van der Waals surface area contributed by atoms with Crippen LogP contribution >= 0.6 is 0 Å². The quantitative estimate of drug-likeness (QED) is 0.807. The highest BCUT2D eigenvalue weighted by Crippen LogP contribution is 2.23. The molecule has 78 valence electrons. The van der Waals surface area contributed by atoms with E-state index in [0.717, 1.165) is 16.7 Å². The second-order valence-electron chi connectivity index (χ2n) is 3.57. The van der Waals surface area contributed by atoms with E-state index >= 15 is 0 Å². The van der Waals surface area contributed by atoms with Crippen LogP contribution in [0.25, 0.3) is 0 Å². The average molecular weight is 203 g/mol. The second-order valence-corrected chi connectivity index (χ2v) is 3.57. The fraction of sp³-hybridized carbons (Fsp3) is 0.273. The van der Waals surface area contributed by atoms with Crippen molar-refractivity contribution in [3.05, 3.63) is 47.1 Å². The van der Waals surface area contributed by atoms with Gasteiger partial charge in [-0.2, -0.15) is 4.98 Å². The van der Waals surface area contributed by atoms with Crippen LogP contribution in [0.3, 0.4) is 0 Å². The first-order valence-electron chi connectivity index (χ1n) is 4.78. The molecule has 1 heterocycles. The summed E-state index contributed by atoms with van der Waals surface area (Å²) in [6.45, 7) is 4.06. The Morgan fingerprint density at radius 3 is 2.47 bits per heavy atom. The normalized spacial score (nSPS) is 12.7. The predicted octanol–water partition coefficient (Wildman–Crippen LogP) is 1.73. The highest BCUT2D eigenvalue weighted by atomic mass is 16.5. The number of aryl methyl sites for hydroxylation is 2. The maximum absolute atomic E-state index is 6.08. The van der Waals surface area contributed by atoms with Crippen molar-refractivity contribution in [3.8, 4) is 0 Å². The minimum atomic E-state index is -0.315. The first kappa shape index (κ1) is 9.86. The Morgan fingerprint density at radius 2 is 1.93 bits per heavy atom. The van der Waals surface area contributed by atoms with E-state index in [2.05, 4.69) is 10.1 Å². The lowest BCUT2D eigenvalue weighted by molar-refractivity contribution is 0.407. The average Bonchev–Trinajstić information content (AvgIpc) is 2.69. The Morgan fingerprint density at radius 1 is 1.27 bits per heavy atom. The van der Waals surface area contributed by atoms with Gasteiger partial charge in [-0.15, -0.1) is 0 Å². The molecule has 1 aromatic heterocycles. The van der Waals surface area contributed by atoms with Gasteiger partial charge in [-0.3, -0.25) is 0 Å². The molecule has 4 nitrogen and oxygen atoms in total. The van der Waals surface area contributed by atoms with Crippen molar-refractivity contribution in [1.29, 1.82) is 0 Å². The second kappa shape index (κ2) is 3.82. The molecule has 0 bridgehead atoms. The van der Waals surface area contributed by atoms with Gasteiger partial charge >= 0.3 is 0 Å². The van der Waals surface area contributed by atoms with Gasteiger partial charge in [0.25, 0.3) is 0 Å². The lowest BCUT2D eigenvalue weighted by atomic mass is 9.96. The van der Waals surface area contributed by atoms with Crippen LogP contribution < -0.4 is 5.73 Å². The molecule has 1 atom stereocenters. The van der Waals surface area contributed by atoms with Crippen molar-refractivity contribution < 1.29 is 4.52 Å². The van der Waals surface area contributed by atoms with E-state index in [9.17, 15) is 0 Å².